The normalized spacial score (nSPS) is 12.7. The van der Waals surface area contributed by atoms with E-state index in [9.17, 15) is 9.59 Å². The summed E-state index contributed by atoms with van der Waals surface area (Å²) < 4.78 is 8.43. The predicted molar refractivity (Wildman–Crippen MR) is 74.4 cm³/mol. The minimum atomic E-state index is -0.514. The number of benzene rings is 1. The molecule has 0 fully saturated rings. The van der Waals surface area contributed by atoms with Gasteiger partial charge in [-0.3, -0.25) is 14.9 Å². The highest BCUT2D eigenvalue weighted by Gasteiger charge is 2.20. The van der Waals surface area contributed by atoms with Crippen molar-refractivity contribution in [3.8, 4) is 17.1 Å². The van der Waals surface area contributed by atoms with Crippen molar-refractivity contribution in [2.45, 2.75) is 6.54 Å². The zero-order chi connectivity index (χ0) is 14.1. The minimum Gasteiger partial charge on any atom is -0.491 e. The number of amides is 2. The van der Waals surface area contributed by atoms with Gasteiger partial charge in [-0.05, 0) is 18.2 Å². The average Bonchev–Trinajstić information content (AvgIpc) is 2.77. The summed E-state index contributed by atoms with van der Waals surface area (Å²) in [6.07, 6.45) is 1.97. The van der Waals surface area contributed by atoms with Crippen LogP contribution in [0.4, 0.5) is 0 Å². The van der Waals surface area contributed by atoms with Crippen molar-refractivity contribution in [2.75, 3.05) is 6.61 Å². The van der Waals surface area contributed by atoms with Crippen LogP contribution in [0.5, 0.6) is 5.75 Å². The molecule has 1 aliphatic rings. The van der Waals surface area contributed by atoms with Crippen LogP contribution in [0.1, 0.15) is 10.5 Å². The zero-order valence-electron chi connectivity index (χ0n) is 10.3. The van der Waals surface area contributed by atoms with Crippen LogP contribution in [0.25, 0.3) is 11.4 Å². The molecular formula is C13H10BrN3O3. The highest BCUT2D eigenvalue weighted by Crippen LogP contribution is 2.34. The maximum absolute atomic E-state index is 11.7. The molecule has 0 saturated carbocycles. The lowest BCUT2D eigenvalue weighted by atomic mass is 10.2. The molecule has 0 aliphatic carbocycles. The first kappa shape index (κ1) is 12.9. The number of imidazole rings is 1. The molecule has 2 heterocycles. The van der Waals surface area contributed by atoms with Gasteiger partial charge in [0, 0.05) is 10.7 Å². The van der Waals surface area contributed by atoms with Crippen LogP contribution in [0, 0.1) is 0 Å². The molecule has 2 amide bonds. The molecule has 1 aliphatic heterocycles. The van der Waals surface area contributed by atoms with Crippen molar-refractivity contribution in [2.24, 2.45) is 0 Å². The smallest absolute Gasteiger partial charge is 0.277 e. The lowest BCUT2D eigenvalue weighted by molar-refractivity contribution is -0.108. The summed E-state index contributed by atoms with van der Waals surface area (Å²) in [5, 5.41) is 2.09. The lowest BCUT2D eigenvalue weighted by Crippen LogP contribution is -2.21. The number of nitrogens with one attached hydrogen (secondary N) is 1. The Balaban J connectivity index is 2.09. The third-order valence-electron chi connectivity index (χ3n) is 2.97. The standard InChI is InChI=1S/C13H10BrN3O3/c14-8-1-2-9-11(5-8)20-4-3-17-6-10(16-12(9)17)13(19)15-7-18/h1-2,5-7H,3-4H2,(H,15,18,19). The second-order valence-electron chi connectivity index (χ2n) is 4.22. The van der Waals surface area contributed by atoms with Crippen molar-refractivity contribution >= 4 is 28.2 Å². The molecule has 2 aromatic rings. The van der Waals surface area contributed by atoms with Gasteiger partial charge in [0.05, 0.1) is 12.1 Å². The van der Waals surface area contributed by atoms with Crippen molar-refractivity contribution in [3.05, 3.63) is 34.6 Å². The van der Waals surface area contributed by atoms with Crippen molar-refractivity contribution in [3.63, 3.8) is 0 Å². The van der Waals surface area contributed by atoms with E-state index in [4.69, 9.17) is 4.74 Å². The first-order chi connectivity index (χ1) is 9.69. The van der Waals surface area contributed by atoms with Crippen LogP contribution in [-0.4, -0.2) is 28.5 Å². The number of fused-ring (bicyclic) bond motifs is 3. The number of nitrogens with zero attached hydrogens (tertiary/aromatic N) is 2. The predicted octanol–water partition coefficient (Wildman–Crippen LogP) is 1.59. The second-order valence-corrected chi connectivity index (χ2v) is 5.14. The lowest BCUT2D eigenvalue weighted by Gasteiger charge is -2.06. The molecule has 1 N–H and O–H groups in total. The van der Waals surface area contributed by atoms with Gasteiger partial charge in [-0.25, -0.2) is 4.98 Å². The molecule has 102 valence electrons. The third-order valence-corrected chi connectivity index (χ3v) is 3.47. The number of ether oxygens (including phenoxy) is 1. The van der Waals surface area contributed by atoms with E-state index >= 15 is 0 Å². The Bertz CT molecular complexity index is 696. The van der Waals surface area contributed by atoms with Gasteiger partial charge in [-0.15, -0.1) is 0 Å². The molecule has 7 heteroatoms. The SMILES string of the molecule is O=CNC(=O)c1cn2c(n1)-c1ccc(Br)cc1OCC2. The highest BCUT2D eigenvalue weighted by atomic mass is 79.9. The summed E-state index contributed by atoms with van der Waals surface area (Å²) in [5.74, 6) is 0.854. The Morgan fingerprint density at radius 2 is 2.35 bits per heavy atom. The fourth-order valence-electron chi connectivity index (χ4n) is 2.09. The van der Waals surface area contributed by atoms with Crippen LogP contribution in [0.2, 0.25) is 0 Å². The zero-order valence-corrected chi connectivity index (χ0v) is 11.9. The van der Waals surface area contributed by atoms with Crippen LogP contribution in [-0.2, 0) is 11.3 Å². The molecule has 0 bridgehead atoms. The second kappa shape index (κ2) is 5.09. The third kappa shape index (κ3) is 2.20. The Labute approximate surface area is 122 Å². The Morgan fingerprint density at radius 3 is 3.15 bits per heavy atom. The number of carbonyl (C=O) groups is 2. The van der Waals surface area contributed by atoms with Crippen molar-refractivity contribution in [1.82, 2.24) is 14.9 Å². The number of hydrogen-bond donors (Lipinski definition) is 1. The van der Waals surface area contributed by atoms with Crippen molar-refractivity contribution < 1.29 is 14.3 Å². The van der Waals surface area contributed by atoms with E-state index in [-0.39, 0.29) is 5.69 Å². The Kier molecular flexibility index (Phi) is 3.27. The summed E-state index contributed by atoms with van der Waals surface area (Å²) >= 11 is 3.39. The summed E-state index contributed by atoms with van der Waals surface area (Å²) in [7, 11) is 0. The molecule has 20 heavy (non-hydrogen) atoms. The highest BCUT2D eigenvalue weighted by molar-refractivity contribution is 9.10. The van der Waals surface area contributed by atoms with E-state index in [0.717, 1.165) is 10.0 Å². The van der Waals surface area contributed by atoms with Gasteiger partial charge in [0.2, 0.25) is 6.41 Å². The topological polar surface area (TPSA) is 73.2 Å². The van der Waals surface area contributed by atoms with E-state index in [1.54, 1.807) is 6.20 Å². The number of rotatable bonds is 2. The quantitative estimate of drug-likeness (QED) is 0.846. The van der Waals surface area contributed by atoms with Crippen LogP contribution in [0.15, 0.2) is 28.9 Å². The van der Waals surface area contributed by atoms with Gasteiger partial charge >= 0.3 is 0 Å². The van der Waals surface area contributed by atoms with E-state index in [0.29, 0.717) is 31.1 Å². The Hall–Kier alpha value is -2.15. The summed E-state index contributed by atoms with van der Waals surface area (Å²) in [6.45, 7) is 1.07. The van der Waals surface area contributed by atoms with E-state index in [1.165, 1.54) is 0 Å². The first-order valence-corrected chi connectivity index (χ1v) is 6.73. The molecule has 0 spiro atoms. The van der Waals surface area contributed by atoms with E-state index < -0.39 is 5.91 Å². The monoisotopic (exact) mass is 335 g/mol. The fourth-order valence-corrected chi connectivity index (χ4v) is 2.43. The van der Waals surface area contributed by atoms with Crippen LogP contribution < -0.4 is 10.1 Å². The number of imide groups is 1. The molecule has 0 atom stereocenters. The molecule has 1 aromatic heterocycles. The summed E-state index contributed by atoms with van der Waals surface area (Å²) in [5.41, 5.74) is 1.03. The molecule has 0 unspecified atom stereocenters. The minimum absolute atomic E-state index is 0.211. The number of halogens is 1. The van der Waals surface area contributed by atoms with E-state index in [2.05, 4.69) is 26.2 Å². The number of aromatic nitrogens is 2. The van der Waals surface area contributed by atoms with Crippen LogP contribution >= 0.6 is 15.9 Å². The first-order valence-electron chi connectivity index (χ1n) is 5.93. The van der Waals surface area contributed by atoms with Crippen molar-refractivity contribution in [1.29, 1.82) is 0 Å². The van der Waals surface area contributed by atoms with Gasteiger partial charge < -0.3 is 9.30 Å². The van der Waals surface area contributed by atoms with Gasteiger partial charge in [0.15, 0.2) is 0 Å². The molecule has 0 saturated heterocycles. The molecule has 3 rings (SSSR count). The maximum Gasteiger partial charge on any atom is 0.277 e. The van der Waals surface area contributed by atoms with Gasteiger partial charge in [0.25, 0.3) is 5.91 Å². The Morgan fingerprint density at radius 1 is 1.50 bits per heavy atom. The molecular weight excluding hydrogens is 326 g/mol. The number of carbonyl (C=O) groups excluding carboxylic acids is 2. The maximum atomic E-state index is 11.7. The summed E-state index contributed by atoms with van der Waals surface area (Å²) in [4.78, 5) is 26.3. The summed E-state index contributed by atoms with van der Waals surface area (Å²) in [6, 6.07) is 5.63. The molecule has 0 radical (unpaired) electrons. The molecule has 6 nitrogen and oxygen atoms in total. The average molecular weight is 336 g/mol. The number of hydrogen-bond acceptors (Lipinski definition) is 4. The van der Waals surface area contributed by atoms with Gasteiger partial charge in [-0.1, -0.05) is 15.9 Å². The fraction of sp³-hybridized carbons (Fsp3) is 0.154. The van der Waals surface area contributed by atoms with Gasteiger partial charge in [0.1, 0.15) is 23.9 Å². The largest absolute Gasteiger partial charge is 0.491 e. The molecule has 1 aromatic carbocycles. The van der Waals surface area contributed by atoms with Crippen LogP contribution in [0.3, 0.4) is 0 Å². The van der Waals surface area contributed by atoms with E-state index in [1.807, 2.05) is 22.8 Å². The van der Waals surface area contributed by atoms with Gasteiger partial charge in [-0.2, -0.15) is 0 Å².